The first-order valence-corrected chi connectivity index (χ1v) is 9.05. The second kappa shape index (κ2) is 5.55. The maximum absolute atomic E-state index is 12.4. The minimum Gasteiger partial charge on any atom is -0.507 e. The zero-order chi connectivity index (χ0) is 16.7. The van der Waals surface area contributed by atoms with E-state index in [-0.39, 0.29) is 16.1 Å². The number of sulfonamides is 1. The van der Waals surface area contributed by atoms with Gasteiger partial charge in [-0.2, -0.15) is 8.42 Å². The molecule has 5 nitrogen and oxygen atoms in total. The third-order valence-electron chi connectivity index (χ3n) is 3.33. The van der Waals surface area contributed by atoms with Crippen molar-refractivity contribution in [3.8, 4) is 5.75 Å². The molecule has 120 valence electrons. The zero-order valence-corrected chi connectivity index (χ0v) is 14.9. The Labute approximate surface area is 134 Å². The van der Waals surface area contributed by atoms with Crippen LogP contribution in [0.3, 0.4) is 0 Å². The summed E-state index contributed by atoms with van der Waals surface area (Å²) < 4.78 is 30.5. The number of nitrogens with zero attached hydrogens (tertiary/aromatic N) is 2. The Hall–Kier alpha value is -1.60. The summed E-state index contributed by atoms with van der Waals surface area (Å²) in [5, 5.41) is 9.74. The molecular weight excluding hydrogens is 320 g/mol. The van der Waals surface area contributed by atoms with Crippen molar-refractivity contribution in [2.45, 2.75) is 38.0 Å². The molecule has 2 rings (SSSR count). The highest BCUT2D eigenvalue weighted by atomic mass is 32.2. The third-order valence-corrected chi connectivity index (χ3v) is 6.42. The van der Waals surface area contributed by atoms with Crippen molar-refractivity contribution in [1.82, 2.24) is 4.57 Å². The SMILES string of the molecule is Cc1c(C(C)(C)C)s/c(=N\S(=O)(=O)c2ccccc2O)n1C. The lowest BCUT2D eigenvalue weighted by Gasteiger charge is -2.17. The number of aromatic hydroxyl groups is 1. The lowest BCUT2D eigenvalue weighted by molar-refractivity contribution is 0.459. The van der Waals surface area contributed by atoms with Crippen LogP contribution < -0.4 is 4.80 Å². The number of hydrogen-bond acceptors (Lipinski definition) is 4. The van der Waals surface area contributed by atoms with Gasteiger partial charge in [0.05, 0.1) is 0 Å². The molecule has 7 heteroatoms. The summed E-state index contributed by atoms with van der Waals surface area (Å²) in [6.45, 7) is 8.18. The van der Waals surface area contributed by atoms with E-state index in [1.165, 1.54) is 23.5 Å². The van der Waals surface area contributed by atoms with Gasteiger partial charge >= 0.3 is 0 Å². The van der Waals surface area contributed by atoms with Crippen molar-refractivity contribution in [3.63, 3.8) is 0 Å². The number of benzene rings is 1. The van der Waals surface area contributed by atoms with Gasteiger partial charge < -0.3 is 9.67 Å². The Morgan fingerprint density at radius 2 is 1.82 bits per heavy atom. The van der Waals surface area contributed by atoms with E-state index in [1.54, 1.807) is 23.7 Å². The van der Waals surface area contributed by atoms with Crippen molar-refractivity contribution in [1.29, 1.82) is 0 Å². The van der Waals surface area contributed by atoms with Gasteiger partial charge in [0, 0.05) is 17.6 Å². The fraction of sp³-hybridized carbons (Fsp3) is 0.400. The van der Waals surface area contributed by atoms with Gasteiger partial charge in [-0.25, -0.2) is 0 Å². The first kappa shape index (κ1) is 16.8. The molecule has 0 unspecified atom stereocenters. The van der Waals surface area contributed by atoms with Crippen LogP contribution in [-0.4, -0.2) is 18.1 Å². The average molecular weight is 340 g/mol. The quantitative estimate of drug-likeness (QED) is 0.913. The van der Waals surface area contributed by atoms with E-state index in [4.69, 9.17) is 0 Å². The predicted octanol–water partition coefficient (Wildman–Crippen LogP) is 2.69. The first-order chi connectivity index (χ1) is 10.0. The van der Waals surface area contributed by atoms with Crippen LogP contribution in [0, 0.1) is 6.92 Å². The van der Waals surface area contributed by atoms with Crippen LogP contribution in [0.1, 0.15) is 31.3 Å². The van der Waals surface area contributed by atoms with Gasteiger partial charge in [0.25, 0.3) is 10.0 Å². The molecule has 1 heterocycles. The molecule has 0 amide bonds. The Kier molecular flexibility index (Phi) is 4.23. The fourth-order valence-corrected chi connectivity index (χ4v) is 4.63. The zero-order valence-electron chi connectivity index (χ0n) is 13.3. The van der Waals surface area contributed by atoms with E-state index in [0.717, 1.165) is 10.6 Å². The lowest BCUT2D eigenvalue weighted by Crippen LogP contribution is -2.15. The number of para-hydroxylation sites is 1. The summed E-state index contributed by atoms with van der Waals surface area (Å²) >= 11 is 1.36. The minimum absolute atomic E-state index is 0.0844. The van der Waals surface area contributed by atoms with Crippen LogP contribution in [0.5, 0.6) is 5.75 Å². The molecule has 0 aliphatic rings. The van der Waals surface area contributed by atoms with E-state index >= 15 is 0 Å². The second-order valence-corrected chi connectivity index (χ2v) is 8.69. The van der Waals surface area contributed by atoms with Crippen molar-refractivity contribution < 1.29 is 13.5 Å². The first-order valence-electron chi connectivity index (χ1n) is 6.80. The molecule has 0 saturated heterocycles. The molecule has 0 saturated carbocycles. The van der Waals surface area contributed by atoms with Crippen molar-refractivity contribution in [2.24, 2.45) is 11.4 Å². The molecule has 1 aromatic heterocycles. The van der Waals surface area contributed by atoms with Gasteiger partial charge in [0.1, 0.15) is 10.6 Å². The molecule has 2 aromatic rings. The standard InChI is InChI=1S/C15H20N2O3S2/c1-10-13(15(2,3)4)21-14(17(10)5)16-22(19,20)12-9-7-6-8-11(12)18/h6-9,18H,1-5H3/b16-14-. The minimum atomic E-state index is -3.95. The summed E-state index contributed by atoms with van der Waals surface area (Å²) in [6, 6.07) is 5.81. The molecule has 0 aliphatic carbocycles. The van der Waals surface area contributed by atoms with Gasteiger partial charge in [-0.05, 0) is 24.5 Å². The van der Waals surface area contributed by atoms with Crippen molar-refractivity contribution in [3.05, 3.63) is 39.6 Å². The average Bonchev–Trinajstić information content (AvgIpc) is 2.66. The molecular formula is C15H20N2O3S2. The molecule has 22 heavy (non-hydrogen) atoms. The number of phenols is 1. The van der Waals surface area contributed by atoms with Crippen LogP contribution in [0.15, 0.2) is 33.6 Å². The monoisotopic (exact) mass is 340 g/mol. The van der Waals surface area contributed by atoms with Gasteiger partial charge in [0.15, 0.2) is 0 Å². The van der Waals surface area contributed by atoms with Crippen molar-refractivity contribution >= 4 is 21.4 Å². The largest absolute Gasteiger partial charge is 0.507 e. The van der Waals surface area contributed by atoms with E-state index in [2.05, 4.69) is 25.2 Å². The molecule has 0 fully saturated rings. The molecule has 0 atom stereocenters. The Morgan fingerprint density at radius 3 is 2.32 bits per heavy atom. The van der Waals surface area contributed by atoms with E-state index in [9.17, 15) is 13.5 Å². The second-order valence-electron chi connectivity index (χ2n) is 6.14. The van der Waals surface area contributed by atoms with Crippen LogP contribution in [0.4, 0.5) is 0 Å². The highest BCUT2D eigenvalue weighted by Gasteiger charge is 2.22. The maximum Gasteiger partial charge on any atom is 0.288 e. The topological polar surface area (TPSA) is 71.7 Å². The summed E-state index contributed by atoms with van der Waals surface area (Å²) in [5.74, 6) is -0.293. The molecule has 0 radical (unpaired) electrons. The Morgan fingerprint density at radius 1 is 1.23 bits per heavy atom. The van der Waals surface area contributed by atoms with Crippen molar-refractivity contribution in [2.75, 3.05) is 0 Å². The molecule has 0 bridgehead atoms. The summed E-state index contributed by atoms with van der Waals surface area (Å²) in [7, 11) is -2.16. The normalized spacial score (nSPS) is 13.6. The molecule has 1 aromatic carbocycles. The number of thiazole rings is 1. The van der Waals surface area contributed by atoms with Gasteiger partial charge in [0.2, 0.25) is 4.80 Å². The third kappa shape index (κ3) is 3.10. The van der Waals surface area contributed by atoms with Crippen LogP contribution in [0.2, 0.25) is 0 Å². The molecule has 1 N–H and O–H groups in total. The highest BCUT2D eigenvalue weighted by Crippen LogP contribution is 2.28. The summed E-state index contributed by atoms with van der Waals surface area (Å²) in [4.78, 5) is 1.30. The van der Waals surface area contributed by atoms with Gasteiger partial charge in [-0.15, -0.1) is 15.7 Å². The Bertz CT molecular complexity index is 869. The van der Waals surface area contributed by atoms with E-state index in [0.29, 0.717) is 4.80 Å². The summed E-state index contributed by atoms with van der Waals surface area (Å²) in [6.07, 6.45) is 0. The van der Waals surface area contributed by atoms with Crippen LogP contribution in [-0.2, 0) is 22.5 Å². The fourth-order valence-electron chi connectivity index (χ4n) is 2.13. The van der Waals surface area contributed by atoms with Gasteiger partial charge in [-0.1, -0.05) is 32.9 Å². The van der Waals surface area contributed by atoms with Crippen LogP contribution in [0.25, 0.3) is 0 Å². The molecule has 0 aliphatic heterocycles. The summed E-state index contributed by atoms with van der Waals surface area (Å²) in [5.41, 5.74) is 0.905. The Balaban J connectivity index is 2.67. The maximum atomic E-state index is 12.4. The predicted molar refractivity (Wildman–Crippen MR) is 87.6 cm³/mol. The van der Waals surface area contributed by atoms with E-state index in [1.807, 2.05) is 6.92 Å². The van der Waals surface area contributed by atoms with Gasteiger partial charge in [-0.3, -0.25) is 0 Å². The lowest BCUT2D eigenvalue weighted by atomic mass is 9.93. The number of aromatic nitrogens is 1. The molecule has 0 spiro atoms. The smallest absolute Gasteiger partial charge is 0.288 e. The van der Waals surface area contributed by atoms with Crippen LogP contribution >= 0.6 is 11.3 Å². The highest BCUT2D eigenvalue weighted by molar-refractivity contribution is 7.90. The van der Waals surface area contributed by atoms with E-state index < -0.39 is 10.0 Å². The number of phenolic OH excluding ortho intramolecular Hbond substituents is 1. The number of rotatable bonds is 2. The number of hydrogen-bond donors (Lipinski definition) is 1.